The maximum Gasteiger partial charge on any atom is 0.410 e. The van der Waals surface area contributed by atoms with E-state index in [1.807, 2.05) is 6.07 Å². The maximum atomic E-state index is 12.3. The Labute approximate surface area is 147 Å². The number of hydrazine groups is 1. The number of likely N-dealkylation sites (tertiary alicyclic amines) is 1. The van der Waals surface area contributed by atoms with Crippen LogP contribution in [0.15, 0.2) is 30.3 Å². The summed E-state index contributed by atoms with van der Waals surface area (Å²) in [5.74, 6) is -1.07. The molecule has 1 fully saturated rings. The molecule has 7 heteroatoms. The van der Waals surface area contributed by atoms with Crippen LogP contribution in [0.25, 0.3) is 0 Å². The second-order valence-corrected chi connectivity index (χ2v) is 7.07. The van der Waals surface area contributed by atoms with Crippen LogP contribution in [-0.2, 0) is 9.53 Å². The van der Waals surface area contributed by atoms with Gasteiger partial charge in [0.25, 0.3) is 5.91 Å². The number of benzene rings is 1. The quantitative estimate of drug-likeness (QED) is 0.802. The number of ether oxygens (including phenoxy) is 1. The Balaban J connectivity index is 1.85. The standard InChI is InChI=1S/C18H25N3O4/c1-18(2,3)25-17(24)21-11-7-10-14(12-21)16(23)20-19-15(22)13-8-5-4-6-9-13/h4-6,8-9,14H,7,10-12H2,1-3H3,(H,19,22)(H,20,23). The molecule has 0 spiro atoms. The normalized spacial score (nSPS) is 17.6. The molecule has 2 N–H and O–H groups in total. The Hall–Kier alpha value is -2.57. The van der Waals surface area contributed by atoms with Gasteiger partial charge in [-0.25, -0.2) is 4.79 Å². The Morgan fingerprint density at radius 3 is 2.44 bits per heavy atom. The summed E-state index contributed by atoms with van der Waals surface area (Å²) in [5.41, 5.74) is 4.73. The minimum absolute atomic E-state index is 0.280. The van der Waals surface area contributed by atoms with E-state index in [2.05, 4.69) is 10.9 Å². The van der Waals surface area contributed by atoms with E-state index >= 15 is 0 Å². The lowest BCUT2D eigenvalue weighted by Gasteiger charge is -2.33. The zero-order valence-corrected chi connectivity index (χ0v) is 14.9. The van der Waals surface area contributed by atoms with Gasteiger partial charge in [0.2, 0.25) is 5.91 Å². The second kappa shape index (κ2) is 8.00. The van der Waals surface area contributed by atoms with Crippen LogP contribution >= 0.6 is 0 Å². The van der Waals surface area contributed by atoms with Crippen molar-refractivity contribution < 1.29 is 19.1 Å². The summed E-state index contributed by atoms with van der Waals surface area (Å²) >= 11 is 0. The van der Waals surface area contributed by atoms with Crippen LogP contribution in [0.1, 0.15) is 44.0 Å². The SMILES string of the molecule is CC(C)(C)OC(=O)N1CCCC(C(=O)NNC(=O)c2ccccc2)C1. The molecule has 0 radical (unpaired) electrons. The molecule has 0 aliphatic carbocycles. The van der Waals surface area contributed by atoms with Crippen molar-refractivity contribution in [3.05, 3.63) is 35.9 Å². The summed E-state index contributed by atoms with van der Waals surface area (Å²) in [4.78, 5) is 37.9. The van der Waals surface area contributed by atoms with Crippen molar-refractivity contribution in [2.45, 2.75) is 39.2 Å². The van der Waals surface area contributed by atoms with E-state index in [9.17, 15) is 14.4 Å². The summed E-state index contributed by atoms with van der Waals surface area (Å²) in [6, 6.07) is 8.62. The van der Waals surface area contributed by atoms with Gasteiger partial charge in [0.15, 0.2) is 0 Å². The molecule has 0 bridgehead atoms. The van der Waals surface area contributed by atoms with Crippen LogP contribution in [0.4, 0.5) is 4.79 Å². The fourth-order valence-corrected chi connectivity index (χ4v) is 2.57. The minimum atomic E-state index is -0.573. The van der Waals surface area contributed by atoms with Crippen LogP contribution in [0.2, 0.25) is 0 Å². The molecule has 1 aliphatic heterocycles. The molecule has 2 rings (SSSR count). The zero-order valence-electron chi connectivity index (χ0n) is 14.9. The van der Waals surface area contributed by atoms with Crippen LogP contribution in [0, 0.1) is 5.92 Å². The maximum absolute atomic E-state index is 12.3. The van der Waals surface area contributed by atoms with E-state index in [0.717, 1.165) is 0 Å². The fraction of sp³-hybridized carbons (Fsp3) is 0.500. The number of hydrogen-bond acceptors (Lipinski definition) is 4. The van der Waals surface area contributed by atoms with E-state index in [0.29, 0.717) is 24.9 Å². The predicted octanol–water partition coefficient (Wildman–Crippen LogP) is 2.09. The van der Waals surface area contributed by atoms with Gasteiger partial charge in [-0.2, -0.15) is 0 Å². The number of piperidine rings is 1. The first-order chi connectivity index (χ1) is 11.8. The van der Waals surface area contributed by atoms with E-state index in [-0.39, 0.29) is 24.3 Å². The van der Waals surface area contributed by atoms with Gasteiger partial charge in [0.1, 0.15) is 5.60 Å². The monoisotopic (exact) mass is 347 g/mol. The fourth-order valence-electron chi connectivity index (χ4n) is 2.57. The van der Waals surface area contributed by atoms with Crippen LogP contribution in [-0.4, -0.2) is 41.5 Å². The van der Waals surface area contributed by atoms with Crippen molar-refractivity contribution in [2.24, 2.45) is 5.92 Å². The summed E-state index contributed by atoms with van der Waals surface area (Å²) in [5, 5.41) is 0. The molecule has 1 aromatic rings. The third-order valence-electron chi connectivity index (χ3n) is 3.78. The molecular weight excluding hydrogens is 322 g/mol. The highest BCUT2D eigenvalue weighted by atomic mass is 16.6. The third-order valence-corrected chi connectivity index (χ3v) is 3.78. The molecule has 25 heavy (non-hydrogen) atoms. The lowest BCUT2D eigenvalue weighted by atomic mass is 9.98. The average Bonchev–Trinajstić information content (AvgIpc) is 2.58. The second-order valence-electron chi connectivity index (χ2n) is 7.07. The zero-order chi connectivity index (χ0) is 18.4. The first-order valence-electron chi connectivity index (χ1n) is 8.39. The molecule has 136 valence electrons. The van der Waals surface area contributed by atoms with E-state index in [4.69, 9.17) is 4.74 Å². The molecule has 1 unspecified atom stereocenters. The Morgan fingerprint density at radius 2 is 1.80 bits per heavy atom. The number of nitrogens with one attached hydrogen (secondary N) is 2. The van der Waals surface area contributed by atoms with Gasteiger partial charge in [-0.3, -0.25) is 20.4 Å². The van der Waals surface area contributed by atoms with E-state index < -0.39 is 11.7 Å². The number of nitrogens with zero attached hydrogens (tertiary/aromatic N) is 1. The van der Waals surface area contributed by atoms with Crippen molar-refractivity contribution in [3.8, 4) is 0 Å². The molecule has 1 saturated heterocycles. The summed E-state index contributed by atoms with van der Waals surface area (Å²) in [7, 11) is 0. The largest absolute Gasteiger partial charge is 0.444 e. The first-order valence-corrected chi connectivity index (χ1v) is 8.39. The van der Waals surface area contributed by atoms with Gasteiger partial charge < -0.3 is 9.64 Å². The Kier molecular flexibility index (Phi) is 6.01. The predicted molar refractivity (Wildman–Crippen MR) is 92.6 cm³/mol. The summed E-state index contributed by atoms with van der Waals surface area (Å²) in [6.07, 6.45) is 0.953. The van der Waals surface area contributed by atoms with Gasteiger partial charge in [-0.15, -0.1) is 0 Å². The highest BCUT2D eigenvalue weighted by Gasteiger charge is 2.31. The van der Waals surface area contributed by atoms with Crippen molar-refractivity contribution in [1.29, 1.82) is 0 Å². The number of amides is 3. The van der Waals surface area contributed by atoms with Crippen LogP contribution < -0.4 is 10.9 Å². The van der Waals surface area contributed by atoms with Gasteiger partial charge in [-0.1, -0.05) is 18.2 Å². The van der Waals surface area contributed by atoms with Crippen molar-refractivity contribution in [1.82, 2.24) is 15.8 Å². The molecule has 3 amide bonds. The average molecular weight is 347 g/mol. The molecule has 0 aromatic heterocycles. The van der Waals surface area contributed by atoms with Gasteiger partial charge >= 0.3 is 6.09 Å². The number of carbonyl (C=O) groups excluding carboxylic acids is 3. The van der Waals surface area contributed by atoms with Gasteiger partial charge in [0, 0.05) is 18.7 Å². The number of rotatable bonds is 2. The van der Waals surface area contributed by atoms with Crippen molar-refractivity contribution in [3.63, 3.8) is 0 Å². The summed E-state index contributed by atoms with van der Waals surface area (Å²) < 4.78 is 5.35. The van der Waals surface area contributed by atoms with E-state index in [1.54, 1.807) is 45.0 Å². The molecule has 0 saturated carbocycles. The van der Waals surface area contributed by atoms with Gasteiger partial charge in [0.05, 0.1) is 5.92 Å². The van der Waals surface area contributed by atoms with Crippen LogP contribution in [0.5, 0.6) is 0 Å². The Bertz CT molecular complexity index is 625. The molecule has 1 aliphatic rings. The molecule has 7 nitrogen and oxygen atoms in total. The molecule has 1 aromatic carbocycles. The van der Waals surface area contributed by atoms with Crippen LogP contribution in [0.3, 0.4) is 0 Å². The highest BCUT2D eigenvalue weighted by molar-refractivity contribution is 5.95. The van der Waals surface area contributed by atoms with Crippen molar-refractivity contribution >= 4 is 17.9 Å². The number of hydrogen-bond donors (Lipinski definition) is 2. The smallest absolute Gasteiger partial charge is 0.410 e. The highest BCUT2D eigenvalue weighted by Crippen LogP contribution is 2.19. The topological polar surface area (TPSA) is 87.7 Å². The Morgan fingerprint density at radius 1 is 1.12 bits per heavy atom. The lowest BCUT2D eigenvalue weighted by molar-refractivity contribution is -0.127. The number of carbonyl (C=O) groups is 3. The lowest BCUT2D eigenvalue weighted by Crippen LogP contribution is -2.50. The summed E-state index contributed by atoms with van der Waals surface area (Å²) in [6.45, 7) is 6.26. The van der Waals surface area contributed by atoms with Gasteiger partial charge in [-0.05, 0) is 45.7 Å². The first kappa shape index (κ1) is 18.8. The molecule has 1 heterocycles. The molecule has 1 atom stereocenters. The third kappa shape index (κ3) is 5.77. The molecular formula is C18H25N3O4. The van der Waals surface area contributed by atoms with E-state index in [1.165, 1.54) is 4.90 Å². The minimum Gasteiger partial charge on any atom is -0.444 e. The van der Waals surface area contributed by atoms with Crippen molar-refractivity contribution in [2.75, 3.05) is 13.1 Å².